The molecule has 0 saturated carbocycles. The Kier molecular flexibility index (Phi) is 3.89. The molecule has 0 saturated heterocycles. The Morgan fingerprint density at radius 1 is 1.00 bits per heavy atom. The molecule has 0 spiro atoms. The molecule has 0 aliphatic carbocycles. The summed E-state index contributed by atoms with van der Waals surface area (Å²) in [6, 6.07) is 15.2. The summed E-state index contributed by atoms with van der Waals surface area (Å²) in [6.07, 6.45) is 0.736. The molecule has 18 heavy (non-hydrogen) atoms. The van der Waals surface area contributed by atoms with Crippen LogP contribution >= 0.6 is 11.8 Å². The van der Waals surface area contributed by atoms with Crippen LogP contribution in [-0.4, -0.2) is 17.5 Å². The summed E-state index contributed by atoms with van der Waals surface area (Å²) in [7, 11) is 0. The fourth-order valence-electron chi connectivity index (χ4n) is 1.60. The fraction of sp³-hybridized carbons (Fsp3) is 0.0714. The normalized spacial score (nSPS) is 10.1. The number of ether oxygens (including phenoxy) is 1. The van der Waals surface area contributed by atoms with E-state index in [4.69, 9.17) is 5.11 Å². The minimum absolute atomic E-state index is 0.326. The highest BCUT2D eigenvalue weighted by atomic mass is 32.2. The van der Waals surface area contributed by atoms with Crippen molar-refractivity contribution in [2.75, 3.05) is 6.26 Å². The van der Waals surface area contributed by atoms with Gasteiger partial charge in [0.05, 0.1) is 0 Å². The topological polar surface area (TPSA) is 46.5 Å². The molecule has 0 bridgehead atoms. The average Bonchev–Trinajstić information content (AvgIpc) is 2.39. The smallest absolute Gasteiger partial charge is 0.449 e. The summed E-state index contributed by atoms with van der Waals surface area (Å²) < 4.78 is 4.55. The Balaban J connectivity index is 2.20. The number of carbonyl (C=O) groups is 1. The van der Waals surface area contributed by atoms with Gasteiger partial charge in [0.2, 0.25) is 0 Å². The van der Waals surface area contributed by atoms with Gasteiger partial charge < -0.3 is 9.84 Å². The van der Waals surface area contributed by atoms with E-state index < -0.39 is 6.16 Å². The molecule has 3 nitrogen and oxygen atoms in total. The highest BCUT2D eigenvalue weighted by Crippen LogP contribution is 2.24. The molecule has 0 unspecified atom stereocenters. The zero-order valence-electron chi connectivity index (χ0n) is 9.79. The van der Waals surface area contributed by atoms with Crippen molar-refractivity contribution in [1.82, 2.24) is 0 Å². The third-order valence-electron chi connectivity index (χ3n) is 2.48. The minimum atomic E-state index is -1.30. The quantitative estimate of drug-likeness (QED) is 0.512. The zero-order valence-corrected chi connectivity index (χ0v) is 10.6. The second-order valence-corrected chi connectivity index (χ2v) is 4.50. The van der Waals surface area contributed by atoms with Crippen molar-refractivity contribution >= 4 is 17.9 Å². The Bertz CT molecular complexity index is 532. The standard InChI is InChI=1S/C14H12O3S/c1-18-13-8-4-11(5-9-13)10-2-6-12(7-3-10)17-14(15)16/h2-9H,1H3,(H,15,16). The molecule has 0 atom stereocenters. The van der Waals surface area contributed by atoms with Gasteiger partial charge in [-0.05, 0) is 41.6 Å². The summed E-state index contributed by atoms with van der Waals surface area (Å²) in [5.74, 6) is 0.326. The lowest BCUT2D eigenvalue weighted by atomic mass is 10.1. The lowest BCUT2D eigenvalue weighted by Gasteiger charge is -2.04. The lowest BCUT2D eigenvalue weighted by Crippen LogP contribution is -2.02. The Morgan fingerprint density at radius 3 is 1.94 bits per heavy atom. The van der Waals surface area contributed by atoms with E-state index in [1.807, 2.05) is 30.5 Å². The van der Waals surface area contributed by atoms with Crippen molar-refractivity contribution in [2.45, 2.75) is 4.90 Å². The van der Waals surface area contributed by atoms with Gasteiger partial charge in [0.25, 0.3) is 0 Å². The third kappa shape index (κ3) is 3.05. The molecular formula is C14H12O3S. The van der Waals surface area contributed by atoms with E-state index in [1.54, 1.807) is 23.9 Å². The van der Waals surface area contributed by atoms with E-state index in [0.29, 0.717) is 5.75 Å². The second kappa shape index (κ2) is 5.60. The van der Waals surface area contributed by atoms with Crippen LogP contribution in [0.25, 0.3) is 11.1 Å². The molecule has 0 fully saturated rings. The van der Waals surface area contributed by atoms with Gasteiger partial charge in [-0.2, -0.15) is 0 Å². The summed E-state index contributed by atoms with van der Waals surface area (Å²) in [5, 5.41) is 8.49. The largest absolute Gasteiger partial charge is 0.511 e. The highest BCUT2D eigenvalue weighted by molar-refractivity contribution is 7.98. The minimum Gasteiger partial charge on any atom is -0.449 e. The van der Waals surface area contributed by atoms with Crippen LogP contribution in [0.15, 0.2) is 53.4 Å². The predicted molar refractivity (Wildman–Crippen MR) is 72.3 cm³/mol. The molecule has 92 valence electrons. The Hall–Kier alpha value is -1.94. The molecule has 2 rings (SSSR count). The van der Waals surface area contributed by atoms with E-state index in [2.05, 4.69) is 16.9 Å². The Morgan fingerprint density at radius 2 is 1.50 bits per heavy atom. The molecule has 1 N–H and O–H groups in total. The first-order valence-corrected chi connectivity index (χ1v) is 6.57. The average molecular weight is 260 g/mol. The number of benzene rings is 2. The van der Waals surface area contributed by atoms with E-state index in [9.17, 15) is 4.79 Å². The number of hydrogen-bond donors (Lipinski definition) is 1. The number of carboxylic acid groups (broad SMARTS) is 1. The first kappa shape index (κ1) is 12.5. The summed E-state index contributed by atoms with van der Waals surface area (Å²) >= 11 is 1.70. The van der Waals surface area contributed by atoms with Gasteiger partial charge in [0.1, 0.15) is 5.75 Å². The summed E-state index contributed by atoms with van der Waals surface area (Å²) in [5.41, 5.74) is 2.12. The van der Waals surface area contributed by atoms with Crippen molar-refractivity contribution < 1.29 is 14.6 Å². The van der Waals surface area contributed by atoms with Gasteiger partial charge in [-0.3, -0.25) is 0 Å². The molecule has 0 amide bonds. The van der Waals surface area contributed by atoms with Crippen molar-refractivity contribution in [1.29, 1.82) is 0 Å². The maximum Gasteiger partial charge on any atom is 0.511 e. The van der Waals surface area contributed by atoms with E-state index in [1.165, 1.54) is 4.90 Å². The van der Waals surface area contributed by atoms with E-state index >= 15 is 0 Å². The van der Waals surface area contributed by atoms with Gasteiger partial charge in [-0.25, -0.2) is 4.79 Å². The third-order valence-corrected chi connectivity index (χ3v) is 3.23. The van der Waals surface area contributed by atoms with E-state index in [-0.39, 0.29) is 0 Å². The van der Waals surface area contributed by atoms with Crippen LogP contribution in [0, 0.1) is 0 Å². The second-order valence-electron chi connectivity index (χ2n) is 3.62. The fourth-order valence-corrected chi connectivity index (χ4v) is 2.01. The van der Waals surface area contributed by atoms with Crippen LogP contribution in [0.1, 0.15) is 0 Å². The van der Waals surface area contributed by atoms with Gasteiger partial charge >= 0.3 is 6.16 Å². The van der Waals surface area contributed by atoms with Crippen LogP contribution in [-0.2, 0) is 0 Å². The van der Waals surface area contributed by atoms with Crippen LogP contribution in [0.2, 0.25) is 0 Å². The maximum absolute atomic E-state index is 10.4. The number of rotatable bonds is 3. The van der Waals surface area contributed by atoms with Crippen LogP contribution in [0.5, 0.6) is 5.75 Å². The van der Waals surface area contributed by atoms with Crippen molar-refractivity contribution in [3.05, 3.63) is 48.5 Å². The molecule has 2 aromatic rings. The van der Waals surface area contributed by atoms with Crippen molar-refractivity contribution in [2.24, 2.45) is 0 Å². The predicted octanol–water partition coefficient (Wildman–Crippen LogP) is 4.13. The van der Waals surface area contributed by atoms with Crippen LogP contribution in [0.4, 0.5) is 4.79 Å². The van der Waals surface area contributed by atoms with Gasteiger partial charge in [0, 0.05) is 4.90 Å². The summed E-state index contributed by atoms with van der Waals surface area (Å²) in [4.78, 5) is 11.6. The van der Waals surface area contributed by atoms with Gasteiger partial charge in [0.15, 0.2) is 0 Å². The van der Waals surface area contributed by atoms with Crippen LogP contribution < -0.4 is 4.74 Å². The summed E-state index contributed by atoms with van der Waals surface area (Å²) in [6.45, 7) is 0. The number of hydrogen-bond acceptors (Lipinski definition) is 3. The van der Waals surface area contributed by atoms with Gasteiger partial charge in [-0.1, -0.05) is 24.3 Å². The first-order valence-electron chi connectivity index (χ1n) is 5.34. The monoisotopic (exact) mass is 260 g/mol. The van der Waals surface area contributed by atoms with Crippen molar-refractivity contribution in [3.63, 3.8) is 0 Å². The zero-order chi connectivity index (χ0) is 13.0. The molecular weight excluding hydrogens is 248 g/mol. The molecule has 4 heteroatoms. The van der Waals surface area contributed by atoms with Crippen LogP contribution in [0.3, 0.4) is 0 Å². The first-order chi connectivity index (χ1) is 8.69. The SMILES string of the molecule is CSc1ccc(-c2ccc(OC(=O)O)cc2)cc1. The maximum atomic E-state index is 10.4. The van der Waals surface area contributed by atoms with Crippen molar-refractivity contribution in [3.8, 4) is 16.9 Å². The van der Waals surface area contributed by atoms with Gasteiger partial charge in [-0.15, -0.1) is 11.8 Å². The lowest BCUT2D eigenvalue weighted by molar-refractivity contribution is 0.144. The number of thioether (sulfide) groups is 1. The highest BCUT2D eigenvalue weighted by Gasteiger charge is 2.02. The molecule has 0 heterocycles. The Labute approximate surface area is 109 Å². The molecule has 0 aliphatic heterocycles. The molecule has 0 aromatic heterocycles. The molecule has 0 radical (unpaired) electrons. The van der Waals surface area contributed by atoms with E-state index in [0.717, 1.165) is 11.1 Å². The molecule has 2 aromatic carbocycles. The molecule has 0 aliphatic rings.